The quantitative estimate of drug-likeness (QED) is 0.0615. The topological polar surface area (TPSA) is 170 Å². The fourth-order valence-corrected chi connectivity index (χ4v) is 6.40. The molecule has 0 saturated heterocycles. The number of likely N-dealkylation sites (N-methyl/N-ethyl adjacent to an activating group) is 2. The van der Waals surface area contributed by atoms with E-state index in [0.29, 0.717) is 99.0 Å². The van der Waals surface area contributed by atoms with Crippen LogP contribution in [0.1, 0.15) is 46.6 Å². The number of hydrogen-bond donors (Lipinski definition) is 1. The average Bonchev–Trinajstić information content (AvgIpc) is 3.43. The molecule has 51 heavy (non-hydrogen) atoms. The summed E-state index contributed by atoms with van der Waals surface area (Å²) in [6.45, 7) is 11.5. The molecule has 0 amide bonds. The molecular formula is C36H48N6O7S2. The van der Waals surface area contributed by atoms with Crippen molar-refractivity contribution in [1.29, 1.82) is 10.5 Å². The van der Waals surface area contributed by atoms with Gasteiger partial charge >= 0.3 is 0 Å². The molecule has 0 aliphatic heterocycles. The molecular weight excluding hydrogens is 693 g/mol. The zero-order valence-corrected chi connectivity index (χ0v) is 31.4. The standard InChI is InChI=1S/C36H48N6O7S2/c1-5-42(31-12-13-33(28(2)24-31)39-40-36-32(25-37)29(3)35(26-38)50-36)27-34(30-10-7-6-8-11-30)49-22-21-48-20-19-47-18-17-46-16-15-41(4)14-9-23-51(43,44)45/h6-8,10-13,24,34H,5,9,14-23,27H2,1-4H3,(H,43,44,45). The number of rotatable bonds is 24. The number of thiophene rings is 1. The van der Waals surface area contributed by atoms with Crippen LogP contribution in [0.3, 0.4) is 0 Å². The fraction of sp³-hybridized carbons (Fsp3) is 0.500. The lowest BCUT2D eigenvalue weighted by Crippen LogP contribution is -2.30. The third-order valence-corrected chi connectivity index (χ3v) is 9.81. The largest absolute Gasteiger partial charge is 0.378 e. The number of benzene rings is 2. The van der Waals surface area contributed by atoms with Gasteiger partial charge in [-0.25, -0.2) is 0 Å². The molecule has 0 spiro atoms. The van der Waals surface area contributed by atoms with Gasteiger partial charge in [0.15, 0.2) is 5.00 Å². The molecule has 0 saturated carbocycles. The summed E-state index contributed by atoms with van der Waals surface area (Å²) in [7, 11) is -2.04. The van der Waals surface area contributed by atoms with Crippen molar-refractivity contribution in [1.82, 2.24) is 4.90 Å². The molecule has 0 fully saturated rings. The summed E-state index contributed by atoms with van der Waals surface area (Å²) >= 11 is 1.17. The second-order valence-electron chi connectivity index (χ2n) is 11.7. The van der Waals surface area contributed by atoms with Crippen molar-refractivity contribution in [3.05, 3.63) is 75.7 Å². The molecule has 1 N–H and O–H groups in total. The Balaban J connectivity index is 1.42. The van der Waals surface area contributed by atoms with Gasteiger partial charge in [-0.3, -0.25) is 4.55 Å². The van der Waals surface area contributed by atoms with Gasteiger partial charge in [-0.15, -0.1) is 21.6 Å². The first kappa shape index (κ1) is 41.6. The first-order chi connectivity index (χ1) is 24.6. The molecule has 276 valence electrons. The predicted molar refractivity (Wildman–Crippen MR) is 198 cm³/mol. The number of azo groups is 1. The summed E-state index contributed by atoms with van der Waals surface area (Å²) in [6.07, 6.45) is 0.180. The maximum absolute atomic E-state index is 10.8. The van der Waals surface area contributed by atoms with E-state index in [1.54, 1.807) is 6.92 Å². The first-order valence-electron chi connectivity index (χ1n) is 16.8. The Morgan fingerprint density at radius 3 is 2.18 bits per heavy atom. The van der Waals surface area contributed by atoms with E-state index in [-0.39, 0.29) is 11.9 Å². The van der Waals surface area contributed by atoms with Gasteiger partial charge in [0.1, 0.15) is 23.1 Å². The lowest BCUT2D eigenvalue weighted by Gasteiger charge is -2.29. The van der Waals surface area contributed by atoms with Crippen molar-refractivity contribution < 1.29 is 31.9 Å². The maximum atomic E-state index is 10.8. The predicted octanol–water partition coefficient (Wildman–Crippen LogP) is 6.37. The van der Waals surface area contributed by atoms with Gasteiger partial charge < -0.3 is 28.7 Å². The zero-order valence-electron chi connectivity index (χ0n) is 29.8. The van der Waals surface area contributed by atoms with Crippen LogP contribution in [0.15, 0.2) is 58.8 Å². The van der Waals surface area contributed by atoms with Crippen LogP contribution in [0, 0.1) is 36.5 Å². The molecule has 1 heterocycles. The number of anilines is 1. The number of aryl methyl sites for hydroxylation is 1. The molecule has 0 bridgehead atoms. The Hall–Kier alpha value is -3.77. The van der Waals surface area contributed by atoms with Gasteiger partial charge in [0.05, 0.1) is 63.3 Å². The zero-order chi connectivity index (χ0) is 37.1. The Morgan fingerprint density at radius 1 is 0.902 bits per heavy atom. The van der Waals surface area contributed by atoms with Crippen LogP contribution in [0.5, 0.6) is 0 Å². The second-order valence-corrected chi connectivity index (χ2v) is 14.3. The van der Waals surface area contributed by atoms with E-state index in [4.69, 9.17) is 23.5 Å². The van der Waals surface area contributed by atoms with E-state index >= 15 is 0 Å². The van der Waals surface area contributed by atoms with E-state index in [9.17, 15) is 18.9 Å². The van der Waals surface area contributed by atoms with Gasteiger partial charge in [0.2, 0.25) is 0 Å². The highest BCUT2D eigenvalue weighted by molar-refractivity contribution is 7.85. The smallest absolute Gasteiger partial charge is 0.264 e. The van der Waals surface area contributed by atoms with Crippen LogP contribution >= 0.6 is 11.3 Å². The van der Waals surface area contributed by atoms with Crippen LogP contribution < -0.4 is 4.90 Å². The number of hydrogen-bond acceptors (Lipinski definition) is 13. The monoisotopic (exact) mass is 740 g/mol. The third kappa shape index (κ3) is 14.8. The summed E-state index contributed by atoms with van der Waals surface area (Å²) in [5, 5.41) is 28.0. The Morgan fingerprint density at radius 2 is 1.57 bits per heavy atom. The number of nitrogens with zero attached hydrogens (tertiary/aromatic N) is 6. The van der Waals surface area contributed by atoms with E-state index in [1.165, 1.54) is 11.3 Å². The van der Waals surface area contributed by atoms with E-state index < -0.39 is 10.1 Å². The molecule has 13 nitrogen and oxygen atoms in total. The summed E-state index contributed by atoms with van der Waals surface area (Å²) < 4.78 is 53.6. The van der Waals surface area contributed by atoms with Gasteiger partial charge in [0.25, 0.3) is 10.1 Å². The average molecular weight is 741 g/mol. The molecule has 1 unspecified atom stereocenters. The lowest BCUT2D eigenvalue weighted by atomic mass is 10.1. The van der Waals surface area contributed by atoms with Gasteiger partial charge in [0, 0.05) is 25.3 Å². The van der Waals surface area contributed by atoms with Crippen molar-refractivity contribution in [2.75, 3.05) is 90.1 Å². The first-order valence-corrected chi connectivity index (χ1v) is 19.2. The minimum absolute atomic E-state index is 0.189. The summed E-state index contributed by atoms with van der Waals surface area (Å²) in [6, 6.07) is 20.3. The molecule has 2 aromatic carbocycles. The molecule has 1 atom stereocenters. The van der Waals surface area contributed by atoms with Crippen molar-refractivity contribution in [2.45, 2.75) is 33.3 Å². The van der Waals surface area contributed by atoms with Crippen LogP contribution in [0.4, 0.5) is 16.4 Å². The van der Waals surface area contributed by atoms with Crippen molar-refractivity contribution >= 4 is 37.8 Å². The van der Waals surface area contributed by atoms with E-state index in [1.807, 2.05) is 49.2 Å². The van der Waals surface area contributed by atoms with E-state index in [0.717, 1.165) is 23.4 Å². The molecule has 3 rings (SSSR count). The number of nitriles is 2. The molecule has 0 aliphatic carbocycles. The third-order valence-electron chi connectivity index (χ3n) is 7.93. The van der Waals surface area contributed by atoms with Crippen molar-refractivity contribution in [3.8, 4) is 12.1 Å². The minimum Gasteiger partial charge on any atom is -0.378 e. The summed E-state index contributed by atoms with van der Waals surface area (Å²) in [5.41, 5.74) is 4.72. The van der Waals surface area contributed by atoms with Crippen LogP contribution in [0.25, 0.3) is 0 Å². The number of ether oxygens (including phenoxy) is 4. The van der Waals surface area contributed by atoms with Gasteiger partial charge in [-0.2, -0.15) is 18.9 Å². The highest BCUT2D eigenvalue weighted by Crippen LogP contribution is 2.36. The Kier molecular flexibility index (Phi) is 18.2. The van der Waals surface area contributed by atoms with Crippen molar-refractivity contribution in [2.24, 2.45) is 10.2 Å². The van der Waals surface area contributed by atoms with Crippen LogP contribution in [-0.4, -0.2) is 103 Å². The van der Waals surface area contributed by atoms with E-state index in [2.05, 4.69) is 52.4 Å². The molecule has 0 aliphatic rings. The molecule has 15 heteroatoms. The van der Waals surface area contributed by atoms with Crippen LogP contribution in [0.2, 0.25) is 0 Å². The maximum Gasteiger partial charge on any atom is 0.264 e. The second kappa shape index (κ2) is 22.2. The molecule has 0 radical (unpaired) electrons. The Labute approximate surface area is 305 Å². The Bertz CT molecular complexity index is 1720. The summed E-state index contributed by atoms with van der Waals surface area (Å²) in [4.78, 5) is 4.67. The normalized spacial score (nSPS) is 12.3. The van der Waals surface area contributed by atoms with Crippen LogP contribution in [-0.2, 0) is 29.1 Å². The van der Waals surface area contributed by atoms with Gasteiger partial charge in [-0.05, 0) is 75.7 Å². The summed E-state index contributed by atoms with van der Waals surface area (Å²) in [5.74, 6) is -0.242. The minimum atomic E-state index is -3.92. The fourth-order valence-electron chi connectivity index (χ4n) is 5.03. The highest BCUT2D eigenvalue weighted by atomic mass is 32.2. The molecule has 3 aromatic rings. The highest BCUT2D eigenvalue weighted by Gasteiger charge is 2.18. The molecule has 1 aromatic heterocycles. The van der Waals surface area contributed by atoms with Crippen molar-refractivity contribution in [3.63, 3.8) is 0 Å². The van der Waals surface area contributed by atoms with Gasteiger partial charge in [-0.1, -0.05) is 30.3 Å². The SMILES string of the molecule is CCN(CC(OCCOCCOCCOCCN(C)CCCS(=O)(=O)O)c1ccccc1)c1ccc(N=Nc2sc(C#N)c(C)c2C#N)c(C)c1. The lowest BCUT2D eigenvalue weighted by molar-refractivity contribution is -0.0184.